The molecule has 14 heteroatoms. The second-order valence-corrected chi connectivity index (χ2v) is 8.23. The molecule has 0 bridgehead atoms. The monoisotopic (exact) mass is 550 g/mol. The third-order valence-corrected chi connectivity index (χ3v) is 5.13. The van der Waals surface area contributed by atoms with Crippen LogP contribution < -0.4 is 20.7 Å². The van der Waals surface area contributed by atoms with Gasteiger partial charge in [0.15, 0.2) is 5.75 Å². The number of aromatic nitrogens is 2. The van der Waals surface area contributed by atoms with Gasteiger partial charge in [-0.25, -0.2) is 19.2 Å². The molecule has 0 radical (unpaired) electrons. The highest BCUT2D eigenvalue weighted by Crippen LogP contribution is 2.35. The number of anilines is 2. The van der Waals surface area contributed by atoms with Gasteiger partial charge in [0, 0.05) is 29.1 Å². The first-order chi connectivity index (χ1) is 16.6. The van der Waals surface area contributed by atoms with Crippen LogP contribution in [0.5, 0.6) is 5.75 Å². The number of amides is 2. The van der Waals surface area contributed by atoms with Crippen molar-refractivity contribution in [1.82, 2.24) is 20.6 Å². The summed E-state index contributed by atoms with van der Waals surface area (Å²) in [5.74, 6) is -0.860. The molecule has 1 heterocycles. The van der Waals surface area contributed by atoms with E-state index in [-0.39, 0.29) is 47.9 Å². The first-order valence-corrected chi connectivity index (χ1v) is 11.0. The standard InChI is InChI=1S/C21H20BrFN6O6/c1-11(27-21(31)32)6-19(30)24-4-5-35-18-9-16-13(8-17(18)29(33)34)20(26-10-25-16)28-15-3-2-12(22)7-14(15)23/h2-3,7-11,27H,4-6H2,1H3,(H,24,30)(H,31,32)(H,25,26,28). The summed E-state index contributed by atoms with van der Waals surface area (Å²) in [6.07, 6.45) is -0.0844. The summed E-state index contributed by atoms with van der Waals surface area (Å²) in [7, 11) is 0. The number of carbonyl (C=O) groups excluding carboxylic acids is 1. The largest absolute Gasteiger partial charge is 0.485 e. The molecule has 0 aliphatic rings. The van der Waals surface area contributed by atoms with Gasteiger partial charge in [-0.2, -0.15) is 0 Å². The van der Waals surface area contributed by atoms with E-state index in [1.165, 1.54) is 30.6 Å². The van der Waals surface area contributed by atoms with Gasteiger partial charge in [0.1, 0.15) is 24.6 Å². The number of carboxylic acid groups (broad SMARTS) is 1. The van der Waals surface area contributed by atoms with Crippen molar-refractivity contribution >= 4 is 56.0 Å². The lowest BCUT2D eigenvalue weighted by atomic mass is 10.2. The second kappa shape index (κ2) is 11.4. The predicted octanol–water partition coefficient (Wildman–Crippen LogP) is 3.72. The van der Waals surface area contributed by atoms with Crippen molar-refractivity contribution in [3.8, 4) is 5.75 Å². The van der Waals surface area contributed by atoms with Crippen LogP contribution in [0.4, 0.5) is 26.4 Å². The zero-order valence-corrected chi connectivity index (χ0v) is 19.8. The SMILES string of the molecule is CC(CC(=O)NCCOc1cc2ncnc(Nc3ccc(Br)cc3F)c2cc1[N+](=O)[O-])NC(=O)O. The van der Waals surface area contributed by atoms with Crippen molar-refractivity contribution in [3.05, 3.63) is 57.1 Å². The van der Waals surface area contributed by atoms with Crippen LogP contribution in [0.25, 0.3) is 10.9 Å². The Morgan fingerprint density at radius 1 is 1.29 bits per heavy atom. The Kier molecular flexibility index (Phi) is 8.30. The summed E-state index contributed by atoms with van der Waals surface area (Å²) >= 11 is 3.18. The predicted molar refractivity (Wildman–Crippen MR) is 127 cm³/mol. The number of rotatable bonds is 10. The minimum Gasteiger partial charge on any atom is -0.485 e. The number of hydrogen-bond acceptors (Lipinski definition) is 8. The second-order valence-electron chi connectivity index (χ2n) is 7.32. The first kappa shape index (κ1) is 25.6. The smallest absolute Gasteiger partial charge is 0.404 e. The summed E-state index contributed by atoms with van der Waals surface area (Å²) in [4.78, 5) is 41.7. The number of nitro groups is 1. The average molecular weight is 551 g/mol. The Morgan fingerprint density at radius 2 is 2.06 bits per heavy atom. The van der Waals surface area contributed by atoms with E-state index in [4.69, 9.17) is 9.84 Å². The lowest BCUT2D eigenvalue weighted by Gasteiger charge is -2.13. The van der Waals surface area contributed by atoms with Crippen LogP contribution in [-0.2, 0) is 4.79 Å². The molecule has 35 heavy (non-hydrogen) atoms. The third kappa shape index (κ3) is 6.96. The van der Waals surface area contributed by atoms with Gasteiger partial charge in [-0.15, -0.1) is 0 Å². The fraction of sp³-hybridized carbons (Fsp3) is 0.238. The van der Waals surface area contributed by atoms with Gasteiger partial charge in [-0.3, -0.25) is 14.9 Å². The van der Waals surface area contributed by atoms with Crippen molar-refractivity contribution in [2.75, 3.05) is 18.5 Å². The maximum atomic E-state index is 14.2. The van der Waals surface area contributed by atoms with Crippen LogP contribution in [0.1, 0.15) is 13.3 Å². The Balaban J connectivity index is 1.73. The fourth-order valence-electron chi connectivity index (χ4n) is 3.11. The summed E-state index contributed by atoms with van der Waals surface area (Å²) < 4.78 is 20.3. The van der Waals surface area contributed by atoms with Gasteiger partial charge < -0.3 is 25.8 Å². The van der Waals surface area contributed by atoms with Gasteiger partial charge in [0.05, 0.1) is 28.1 Å². The van der Waals surface area contributed by atoms with Crippen LogP contribution in [0, 0.1) is 15.9 Å². The highest BCUT2D eigenvalue weighted by atomic mass is 79.9. The zero-order chi connectivity index (χ0) is 25.5. The number of fused-ring (bicyclic) bond motifs is 1. The first-order valence-electron chi connectivity index (χ1n) is 10.2. The molecule has 12 nitrogen and oxygen atoms in total. The normalized spacial score (nSPS) is 11.5. The molecule has 0 saturated carbocycles. The van der Waals surface area contributed by atoms with Crippen LogP contribution in [0.2, 0.25) is 0 Å². The number of carbonyl (C=O) groups is 2. The van der Waals surface area contributed by atoms with Gasteiger partial charge in [-0.1, -0.05) is 15.9 Å². The molecule has 0 aliphatic heterocycles. The molecule has 1 atom stereocenters. The topological polar surface area (TPSA) is 169 Å². The van der Waals surface area contributed by atoms with E-state index in [9.17, 15) is 24.1 Å². The van der Waals surface area contributed by atoms with Gasteiger partial charge in [0.25, 0.3) is 0 Å². The molecular weight excluding hydrogens is 531 g/mol. The number of halogens is 2. The van der Waals surface area contributed by atoms with Crippen molar-refractivity contribution in [2.45, 2.75) is 19.4 Å². The number of nitrogens with zero attached hydrogens (tertiary/aromatic N) is 3. The zero-order valence-electron chi connectivity index (χ0n) is 18.2. The maximum absolute atomic E-state index is 14.2. The highest BCUT2D eigenvalue weighted by molar-refractivity contribution is 9.10. The highest BCUT2D eigenvalue weighted by Gasteiger charge is 2.20. The van der Waals surface area contributed by atoms with Crippen LogP contribution in [-0.4, -0.2) is 51.2 Å². The van der Waals surface area contributed by atoms with Crippen molar-refractivity contribution in [3.63, 3.8) is 0 Å². The van der Waals surface area contributed by atoms with Crippen molar-refractivity contribution in [1.29, 1.82) is 0 Å². The van der Waals surface area contributed by atoms with E-state index in [1.54, 1.807) is 13.0 Å². The molecule has 0 fully saturated rings. The van der Waals surface area contributed by atoms with E-state index in [2.05, 4.69) is 41.8 Å². The number of benzene rings is 2. The summed E-state index contributed by atoms with van der Waals surface area (Å²) in [5, 5.41) is 28.1. The maximum Gasteiger partial charge on any atom is 0.404 e. The molecule has 0 saturated heterocycles. The molecule has 184 valence electrons. The Bertz CT molecular complexity index is 1280. The summed E-state index contributed by atoms with van der Waals surface area (Å²) in [6, 6.07) is 6.39. The minimum absolute atomic E-state index is 0.0350. The van der Waals surface area contributed by atoms with Gasteiger partial charge in [-0.05, 0) is 25.1 Å². The molecule has 1 unspecified atom stereocenters. The minimum atomic E-state index is -1.23. The Morgan fingerprint density at radius 3 is 2.74 bits per heavy atom. The van der Waals surface area contributed by atoms with Crippen LogP contribution in [0.15, 0.2) is 41.1 Å². The average Bonchev–Trinajstić information content (AvgIpc) is 2.77. The molecule has 2 amide bonds. The summed E-state index contributed by atoms with van der Waals surface area (Å²) in [6.45, 7) is 1.49. The molecule has 3 aromatic rings. The quantitative estimate of drug-likeness (QED) is 0.167. The molecule has 3 rings (SSSR count). The molecule has 0 spiro atoms. The number of hydrogen-bond donors (Lipinski definition) is 4. The van der Waals surface area contributed by atoms with Crippen molar-refractivity contribution in [2.24, 2.45) is 0 Å². The summed E-state index contributed by atoms with van der Waals surface area (Å²) in [5.41, 5.74) is 0.0789. The fourth-order valence-corrected chi connectivity index (χ4v) is 3.45. The molecule has 4 N–H and O–H groups in total. The van der Waals surface area contributed by atoms with E-state index in [1.807, 2.05) is 0 Å². The molecule has 0 aliphatic carbocycles. The number of nitrogens with one attached hydrogen (secondary N) is 3. The van der Waals surface area contributed by atoms with E-state index in [0.717, 1.165) is 0 Å². The number of nitro benzene ring substituents is 1. The third-order valence-electron chi connectivity index (χ3n) is 4.64. The molecular formula is C21H20BrFN6O6. The van der Waals surface area contributed by atoms with Crippen LogP contribution >= 0.6 is 15.9 Å². The molecule has 1 aromatic heterocycles. The van der Waals surface area contributed by atoms with Gasteiger partial charge in [0.2, 0.25) is 5.91 Å². The lowest BCUT2D eigenvalue weighted by Crippen LogP contribution is -2.37. The Hall–Kier alpha value is -4.07. The van der Waals surface area contributed by atoms with E-state index >= 15 is 0 Å². The lowest BCUT2D eigenvalue weighted by molar-refractivity contribution is -0.385. The van der Waals surface area contributed by atoms with Crippen LogP contribution in [0.3, 0.4) is 0 Å². The van der Waals surface area contributed by atoms with E-state index < -0.39 is 28.8 Å². The van der Waals surface area contributed by atoms with E-state index in [0.29, 0.717) is 9.99 Å². The number of ether oxygens (including phenoxy) is 1. The van der Waals surface area contributed by atoms with Crippen molar-refractivity contribution < 1.29 is 28.7 Å². The Labute approximate surface area is 206 Å². The van der Waals surface area contributed by atoms with Gasteiger partial charge >= 0.3 is 11.8 Å². The molecule has 2 aromatic carbocycles.